The first kappa shape index (κ1) is 20.2. The summed E-state index contributed by atoms with van der Waals surface area (Å²) in [6.45, 7) is 0.774. The minimum atomic E-state index is -1.06. The van der Waals surface area contributed by atoms with E-state index >= 15 is 0 Å². The predicted molar refractivity (Wildman–Crippen MR) is 118 cm³/mol. The number of amides is 2. The van der Waals surface area contributed by atoms with Crippen molar-refractivity contribution in [3.8, 4) is 11.5 Å². The van der Waals surface area contributed by atoms with E-state index in [-0.39, 0.29) is 17.9 Å². The molecule has 3 aliphatic heterocycles. The first-order chi connectivity index (χ1) is 15.0. The Labute approximate surface area is 185 Å². The van der Waals surface area contributed by atoms with Crippen molar-refractivity contribution in [1.82, 2.24) is 4.90 Å². The molecule has 5 rings (SSSR count). The van der Waals surface area contributed by atoms with Gasteiger partial charge in [0.1, 0.15) is 17.0 Å². The number of ether oxygens (including phenoxy) is 2. The molecule has 0 radical (unpaired) electrons. The van der Waals surface area contributed by atoms with Gasteiger partial charge in [-0.05, 0) is 56.1 Å². The van der Waals surface area contributed by atoms with Gasteiger partial charge in [0.25, 0.3) is 0 Å². The number of anilines is 2. The summed E-state index contributed by atoms with van der Waals surface area (Å²) in [4.78, 5) is 29.4. The fourth-order valence-electron chi connectivity index (χ4n) is 5.53. The number of hydrogen-bond donors (Lipinski definition) is 2. The molecular formula is C23H24ClN3O4. The van der Waals surface area contributed by atoms with Crippen molar-refractivity contribution in [2.75, 3.05) is 31.4 Å². The van der Waals surface area contributed by atoms with Crippen LogP contribution >= 0.6 is 11.6 Å². The molecule has 1 spiro atoms. The molecule has 8 heteroatoms. The summed E-state index contributed by atoms with van der Waals surface area (Å²) < 4.78 is 10.7. The number of carbonyl (C=O) groups excluding carboxylic acids is 2. The van der Waals surface area contributed by atoms with Crippen molar-refractivity contribution in [3.63, 3.8) is 0 Å². The molecule has 0 saturated carbocycles. The second-order valence-electron chi connectivity index (χ2n) is 8.24. The van der Waals surface area contributed by atoms with E-state index in [4.69, 9.17) is 21.1 Å². The lowest BCUT2D eigenvalue weighted by molar-refractivity contribution is -0.135. The number of carbonyl (C=O) groups is 2. The van der Waals surface area contributed by atoms with Crippen LogP contribution in [0.1, 0.15) is 24.8 Å². The van der Waals surface area contributed by atoms with E-state index in [1.165, 1.54) is 0 Å². The molecular weight excluding hydrogens is 418 g/mol. The standard InChI is InChI=1S/C23H24ClN3O4/c1-30-15-6-8-20(31-2)19(12-15)25-21(28)17-11-14-4-3-9-27(14)23(17)16-10-13(24)5-7-18(16)26-22(23)29/h5-8,10,12,14,17H,3-4,9,11H2,1-2H3,(H,25,28)(H,26,29)/t14-,17-,23-/m0/s1. The lowest BCUT2D eigenvalue weighted by Crippen LogP contribution is -2.53. The van der Waals surface area contributed by atoms with Gasteiger partial charge in [-0.3, -0.25) is 14.5 Å². The number of halogens is 1. The topological polar surface area (TPSA) is 79.9 Å². The van der Waals surface area contributed by atoms with Crippen LogP contribution in [0.5, 0.6) is 11.5 Å². The third-order valence-electron chi connectivity index (χ3n) is 6.81. The number of hydrogen-bond acceptors (Lipinski definition) is 5. The second kappa shape index (κ2) is 7.43. The quantitative estimate of drug-likeness (QED) is 0.757. The van der Waals surface area contributed by atoms with Crippen molar-refractivity contribution >= 4 is 34.8 Å². The molecule has 0 unspecified atom stereocenters. The summed E-state index contributed by atoms with van der Waals surface area (Å²) >= 11 is 6.32. The Morgan fingerprint density at radius 3 is 2.84 bits per heavy atom. The number of benzene rings is 2. The van der Waals surface area contributed by atoms with Crippen LogP contribution in [0.3, 0.4) is 0 Å². The van der Waals surface area contributed by atoms with Gasteiger partial charge in [0, 0.05) is 28.4 Å². The van der Waals surface area contributed by atoms with E-state index in [1.54, 1.807) is 38.5 Å². The molecule has 3 heterocycles. The van der Waals surface area contributed by atoms with Crippen molar-refractivity contribution in [1.29, 1.82) is 0 Å². The molecule has 0 bridgehead atoms. The van der Waals surface area contributed by atoms with Gasteiger partial charge in [-0.15, -0.1) is 0 Å². The van der Waals surface area contributed by atoms with Crippen LogP contribution < -0.4 is 20.1 Å². The van der Waals surface area contributed by atoms with Gasteiger partial charge in [0.2, 0.25) is 11.8 Å². The summed E-state index contributed by atoms with van der Waals surface area (Å²) in [5.41, 5.74) is 0.960. The molecule has 3 aliphatic rings. The molecule has 162 valence electrons. The maximum atomic E-state index is 13.7. The summed E-state index contributed by atoms with van der Waals surface area (Å²) in [5.74, 6) is 0.193. The van der Waals surface area contributed by atoms with E-state index < -0.39 is 11.5 Å². The van der Waals surface area contributed by atoms with Crippen molar-refractivity contribution < 1.29 is 19.1 Å². The zero-order valence-corrected chi connectivity index (χ0v) is 18.2. The van der Waals surface area contributed by atoms with Crippen LogP contribution in [-0.2, 0) is 15.1 Å². The minimum Gasteiger partial charge on any atom is -0.497 e. The third-order valence-corrected chi connectivity index (χ3v) is 7.04. The van der Waals surface area contributed by atoms with Crippen LogP contribution in [0.25, 0.3) is 0 Å². The van der Waals surface area contributed by atoms with Gasteiger partial charge in [-0.25, -0.2) is 0 Å². The van der Waals surface area contributed by atoms with Gasteiger partial charge >= 0.3 is 0 Å². The molecule has 2 N–H and O–H groups in total. The summed E-state index contributed by atoms with van der Waals surface area (Å²) in [7, 11) is 3.12. The number of methoxy groups -OCH3 is 2. The number of nitrogens with zero attached hydrogens (tertiary/aromatic N) is 1. The molecule has 3 atom stereocenters. The van der Waals surface area contributed by atoms with E-state index in [9.17, 15) is 9.59 Å². The molecule has 2 saturated heterocycles. The van der Waals surface area contributed by atoms with Gasteiger partial charge in [-0.1, -0.05) is 11.6 Å². The second-order valence-corrected chi connectivity index (χ2v) is 8.68. The molecule has 0 aliphatic carbocycles. The van der Waals surface area contributed by atoms with Gasteiger partial charge in [0.05, 0.1) is 25.8 Å². The Hall–Kier alpha value is -2.77. The SMILES string of the molecule is COc1ccc(OC)c(NC(=O)[C@@H]2C[C@@H]3CCCN3[C@]23C(=O)Nc2ccc(Cl)cc23)c1. The van der Waals surface area contributed by atoms with E-state index in [2.05, 4.69) is 15.5 Å². The highest BCUT2D eigenvalue weighted by Gasteiger charge is 2.65. The van der Waals surface area contributed by atoms with Gasteiger partial charge in [0.15, 0.2) is 0 Å². The third kappa shape index (κ3) is 2.91. The molecule has 2 aromatic carbocycles. The molecule has 2 aromatic rings. The normalized spacial score (nSPS) is 26.5. The van der Waals surface area contributed by atoms with E-state index in [1.807, 2.05) is 12.1 Å². The van der Waals surface area contributed by atoms with Crippen molar-refractivity contribution in [2.24, 2.45) is 5.92 Å². The maximum Gasteiger partial charge on any atom is 0.250 e. The zero-order valence-electron chi connectivity index (χ0n) is 17.4. The minimum absolute atomic E-state index is 0.160. The number of nitrogens with one attached hydrogen (secondary N) is 2. The molecule has 0 aromatic heterocycles. The predicted octanol–water partition coefficient (Wildman–Crippen LogP) is 3.63. The average molecular weight is 442 g/mol. The summed E-state index contributed by atoms with van der Waals surface area (Å²) in [6, 6.07) is 10.8. The highest BCUT2D eigenvalue weighted by Crippen LogP contribution is 2.56. The van der Waals surface area contributed by atoms with Crippen LogP contribution in [0.15, 0.2) is 36.4 Å². The van der Waals surface area contributed by atoms with Crippen LogP contribution in [0.4, 0.5) is 11.4 Å². The Bertz CT molecular complexity index is 1070. The highest BCUT2D eigenvalue weighted by molar-refractivity contribution is 6.31. The Morgan fingerprint density at radius 2 is 2.06 bits per heavy atom. The van der Waals surface area contributed by atoms with Gasteiger partial charge in [-0.2, -0.15) is 0 Å². The maximum absolute atomic E-state index is 13.7. The molecule has 31 heavy (non-hydrogen) atoms. The lowest BCUT2D eigenvalue weighted by Gasteiger charge is -2.36. The smallest absolute Gasteiger partial charge is 0.250 e. The first-order valence-corrected chi connectivity index (χ1v) is 10.8. The number of fused-ring (bicyclic) bond motifs is 4. The summed E-state index contributed by atoms with van der Waals surface area (Å²) in [5, 5.41) is 6.54. The highest BCUT2D eigenvalue weighted by atomic mass is 35.5. The molecule has 7 nitrogen and oxygen atoms in total. The van der Waals surface area contributed by atoms with Crippen LogP contribution in [0.2, 0.25) is 5.02 Å². The monoisotopic (exact) mass is 441 g/mol. The largest absolute Gasteiger partial charge is 0.497 e. The van der Waals surface area contributed by atoms with Crippen LogP contribution in [0, 0.1) is 5.92 Å². The fourth-order valence-corrected chi connectivity index (χ4v) is 5.70. The average Bonchev–Trinajstić information content (AvgIpc) is 3.42. The zero-order chi connectivity index (χ0) is 21.8. The Kier molecular flexibility index (Phi) is 4.83. The van der Waals surface area contributed by atoms with Crippen LogP contribution in [-0.4, -0.2) is 43.5 Å². The van der Waals surface area contributed by atoms with E-state index in [0.29, 0.717) is 28.6 Å². The van der Waals surface area contributed by atoms with Gasteiger partial charge < -0.3 is 20.1 Å². The molecule has 2 amide bonds. The first-order valence-electron chi connectivity index (χ1n) is 10.4. The fraction of sp³-hybridized carbons (Fsp3) is 0.391. The summed E-state index contributed by atoms with van der Waals surface area (Å²) in [6.07, 6.45) is 2.59. The molecule has 2 fully saturated rings. The number of rotatable bonds is 4. The Balaban J connectivity index is 1.57. The van der Waals surface area contributed by atoms with E-state index in [0.717, 1.165) is 30.6 Å². The van der Waals surface area contributed by atoms with Crippen molar-refractivity contribution in [2.45, 2.75) is 30.8 Å². The Morgan fingerprint density at radius 1 is 1.23 bits per heavy atom. The van der Waals surface area contributed by atoms with Crippen molar-refractivity contribution in [3.05, 3.63) is 47.0 Å². The lowest BCUT2D eigenvalue weighted by atomic mass is 9.78.